The van der Waals surface area contributed by atoms with Crippen molar-refractivity contribution in [2.75, 3.05) is 20.1 Å². The lowest BCUT2D eigenvalue weighted by Gasteiger charge is -2.31. The zero-order chi connectivity index (χ0) is 12.3. The average Bonchev–Trinajstić information content (AvgIpc) is 2.83. The first-order chi connectivity index (χ1) is 8.12. The molecule has 1 aliphatic rings. The molecule has 0 radical (unpaired) electrons. The molecule has 96 valence electrons. The normalized spacial score (nSPS) is 19.9. The topological polar surface area (TPSA) is 46.0 Å². The summed E-state index contributed by atoms with van der Waals surface area (Å²) in [6.07, 6.45) is 4.64. The fourth-order valence-corrected chi connectivity index (χ4v) is 2.51. The van der Waals surface area contributed by atoms with Crippen LogP contribution in [0.4, 0.5) is 0 Å². The van der Waals surface area contributed by atoms with Gasteiger partial charge in [0.25, 0.3) is 0 Å². The number of nitrogens with zero attached hydrogens (tertiary/aromatic N) is 4. The Hall–Kier alpha value is -0.940. The van der Waals surface area contributed by atoms with Gasteiger partial charge in [-0.2, -0.15) is 0 Å². The van der Waals surface area contributed by atoms with E-state index >= 15 is 0 Å². The van der Waals surface area contributed by atoms with Crippen molar-refractivity contribution >= 4 is 0 Å². The Kier molecular flexibility index (Phi) is 3.79. The van der Waals surface area contributed by atoms with Crippen LogP contribution in [0.15, 0.2) is 6.20 Å². The Morgan fingerprint density at radius 3 is 2.88 bits per heavy atom. The highest BCUT2D eigenvalue weighted by Crippen LogP contribution is 2.27. The maximum Gasteiger partial charge on any atom is 0.0964 e. The van der Waals surface area contributed by atoms with Crippen molar-refractivity contribution in [2.45, 2.75) is 45.3 Å². The SMILES string of the molecule is CNCc1cn(CCN2CCCC2(C)C)nn1. The summed E-state index contributed by atoms with van der Waals surface area (Å²) >= 11 is 0. The first kappa shape index (κ1) is 12.5. The predicted molar refractivity (Wildman–Crippen MR) is 67.7 cm³/mol. The fraction of sp³-hybridized carbons (Fsp3) is 0.833. The van der Waals surface area contributed by atoms with Gasteiger partial charge in [0.05, 0.1) is 12.2 Å². The monoisotopic (exact) mass is 237 g/mol. The van der Waals surface area contributed by atoms with Crippen LogP contribution in [0.1, 0.15) is 32.4 Å². The Morgan fingerprint density at radius 2 is 2.24 bits per heavy atom. The van der Waals surface area contributed by atoms with Crippen molar-refractivity contribution in [2.24, 2.45) is 0 Å². The van der Waals surface area contributed by atoms with Crippen LogP contribution in [-0.4, -0.2) is 45.6 Å². The molecule has 0 aliphatic carbocycles. The highest BCUT2D eigenvalue weighted by molar-refractivity contribution is 4.92. The van der Waals surface area contributed by atoms with Crippen LogP contribution in [0, 0.1) is 0 Å². The second-order valence-electron chi connectivity index (χ2n) is 5.41. The summed E-state index contributed by atoms with van der Waals surface area (Å²) in [4.78, 5) is 2.55. The van der Waals surface area contributed by atoms with Gasteiger partial charge >= 0.3 is 0 Å². The molecule has 0 amide bonds. The Labute approximate surface area is 103 Å². The van der Waals surface area contributed by atoms with Crippen LogP contribution < -0.4 is 5.32 Å². The van der Waals surface area contributed by atoms with E-state index in [1.165, 1.54) is 19.4 Å². The molecule has 1 aromatic rings. The number of nitrogens with one attached hydrogen (secondary N) is 1. The van der Waals surface area contributed by atoms with Crippen molar-refractivity contribution < 1.29 is 0 Å². The van der Waals surface area contributed by atoms with E-state index in [2.05, 4.69) is 34.4 Å². The molecular weight excluding hydrogens is 214 g/mol. The van der Waals surface area contributed by atoms with Crippen molar-refractivity contribution in [1.29, 1.82) is 0 Å². The highest BCUT2D eigenvalue weighted by atomic mass is 15.4. The number of aromatic nitrogens is 3. The second-order valence-corrected chi connectivity index (χ2v) is 5.41. The number of rotatable bonds is 5. The van der Waals surface area contributed by atoms with E-state index in [0.717, 1.165) is 25.3 Å². The van der Waals surface area contributed by atoms with E-state index < -0.39 is 0 Å². The van der Waals surface area contributed by atoms with Gasteiger partial charge in [-0.05, 0) is 40.3 Å². The molecule has 1 aromatic heterocycles. The smallest absolute Gasteiger partial charge is 0.0964 e. The number of hydrogen-bond donors (Lipinski definition) is 1. The van der Waals surface area contributed by atoms with E-state index in [-0.39, 0.29) is 0 Å². The summed E-state index contributed by atoms with van der Waals surface area (Å²) in [5.74, 6) is 0. The molecule has 0 saturated carbocycles. The summed E-state index contributed by atoms with van der Waals surface area (Å²) < 4.78 is 1.95. The minimum Gasteiger partial charge on any atom is -0.314 e. The minimum absolute atomic E-state index is 0.356. The minimum atomic E-state index is 0.356. The lowest BCUT2D eigenvalue weighted by atomic mass is 10.0. The van der Waals surface area contributed by atoms with Crippen molar-refractivity contribution in [1.82, 2.24) is 25.2 Å². The van der Waals surface area contributed by atoms with Gasteiger partial charge in [0.2, 0.25) is 0 Å². The summed E-state index contributed by atoms with van der Waals surface area (Å²) in [6.45, 7) is 8.65. The van der Waals surface area contributed by atoms with Gasteiger partial charge in [-0.1, -0.05) is 5.21 Å². The zero-order valence-corrected chi connectivity index (χ0v) is 11.1. The third-order valence-electron chi connectivity index (χ3n) is 3.62. The van der Waals surface area contributed by atoms with Gasteiger partial charge in [0, 0.05) is 24.8 Å². The Morgan fingerprint density at radius 1 is 1.41 bits per heavy atom. The van der Waals surface area contributed by atoms with E-state index in [4.69, 9.17) is 0 Å². The molecule has 1 fully saturated rings. The summed E-state index contributed by atoms with van der Waals surface area (Å²) in [5.41, 5.74) is 1.36. The summed E-state index contributed by atoms with van der Waals surface area (Å²) in [7, 11) is 1.92. The fourth-order valence-electron chi connectivity index (χ4n) is 2.51. The second kappa shape index (κ2) is 5.14. The van der Waals surface area contributed by atoms with Crippen LogP contribution in [0.2, 0.25) is 0 Å². The molecule has 1 saturated heterocycles. The van der Waals surface area contributed by atoms with E-state index in [1.807, 2.05) is 17.9 Å². The third kappa shape index (κ3) is 3.04. The third-order valence-corrected chi connectivity index (χ3v) is 3.62. The Bertz CT molecular complexity index is 358. The predicted octanol–water partition coefficient (Wildman–Crippen LogP) is 0.872. The molecule has 0 spiro atoms. The summed E-state index contributed by atoms with van der Waals surface area (Å²) in [6, 6.07) is 0. The van der Waals surface area contributed by atoms with Crippen LogP contribution in [0.25, 0.3) is 0 Å². The van der Waals surface area contributed by atoms with Gasteiger partial charge < -0.3 is 5.32 Å². The quantitative estimate of drug-likeness (QED) is 0.825. The standard InChI is InChI=1S/C12H23N5/c1-12(2)5-4-6-16(12)7-8-17-10-11(9-13-3)14-15-17/h10,13H,4-9H2,1-3H3. The van der Waals surface area contributed by atoms with Crippen LogP contribution in [0.3, 0.4) is 0 Å². The molecule has 1 N–H and O–H groups in total. The molecule has 0 bridgehead atoms. The molecule has 2 rings (SSSR count). The lowest BCUT2D eigenvalue weighted by Crippen LogP contribution is -2.40. The molecule has 5 heteroatoms. The van der Waals surface area contributed by atoms with Crippen molar-refractivity contribution in [3.63, 3.8) is 0 Å². The average molecular weight is 237 g/mol. The van der Waals surface area contributed by atoms with Gasteiger partial charge in [0.15, 0.2) is 0 Å². The molecule has 1 aliphatic heterocycles. The molecule has 5 nitrogen and oxygen atoms in total. The maximum atomic E-state index is 4.14. The number of likely N-dealkylation sites (tertiary alicyclic amines) is 1. The van der Waals surface area contributed by atoms with Crippen molar-refractivity contribution in [3.05, 3.63) is 11.9 Å². The first-order valence-electron chi connectivity index (χ1n) is 6.40. The highest BCUT2D eigenvalue weighted by Gasteiger charge is 2.31. The van der Waals surface area contributed by atoms with Crippen molar-refractivity contribution in [3.8, 4) is 0 Å². The van der Waals surface area contributed by atoms with Crippen LogP contribution >= 0.6 is 0 Å². The molecule has 0 aromatic carbocycles. The number of hydrogen-bond acceptors (Lipinski definition) is 4. The maximum absolute atomic E-state index is 4.14. The molecular formula is C12H23N5. The Balaban J connectivity index is 1.85. The molecule has 0 unspecified atom stereocenters. The van der Waals surface area contributed by atoms with Gasteiger partial charge in [-0.15, -0.1) is 5.10 Å². The van der Waals surface area contributed by atoms with Crippen LogP contribution in [-0.2, 0) is 13.1 Å². The van der Waals surface area contributed by atoms with Crippen LogP contribution in [0.5, 0.6) is 0 Å². The van der Waals surface area contributed by atoms with Gasteiger partial charge in [0.1, 0.15) is 0 Å². The zero-order valence-electron chi connectivity index (χ0n) is 11.1. The van der Waals surface area contributed by atoms with E-state index in [9.17, 15) is 0 Å². The summed E-state index contributed by atoms with van der Waals surface area (Å²) in [5, 5.41) is 11.3. The lowest BCUT2D eigenvalue weighted by molar-refractivity contribution is 0.166. The molecule has 2 heterocycles. The van der Waals surface area contributed by atoms with Gasteiger partial charge in [-0.25, -0.2) is 0 Å². The largest absolute Gasteiger partial charge is 0.314 e. The molecule has 17 heavy (non-hydrogen) atoms. The van der Waals surface area contributed by atoms with E-state index in [1.54, 1.807) is 0 Å². The van der Waals surface area contributed by atoms with Gasteiger partial charge in [-0.3, -0.25) is 9.58 Å². The molecule has 0 atom stereocenters. The first-order valence-corrected chi connectivity index (χ1v) is 6.40. The van der Waals surface area contributed by atoms with E-state index in [0.29, 0.717) is 5.54 Å².